The van der Waals surface area contributed by atoms with E-state index < -0.39 is 0 Å². The van der Waals surface area contributed by atoms with E-state index in [0.29, 0.717) is 25.7 Å². The molecular weight excluding hydrogens is 408 g/mol. The number of carbonyl (C=O) groups excluding carboxylic acids is 3. The molecule has 182 valence electrons. The lowest BCUT2D eigenvalue weighted by Crippen LogP contribution is -2.19. The van der Waals surface area contributed by atoms with Crippen molar-refractivity contribution in [2.75, 3.05) is 19.8 Å². The summed E-state index contributed by atoms with van der Waals surface area (Å²) in [5.41, 5.74) is 1.66. The third-order valence-corrected chi connectivity index (χ3v) is 4.98. The van der Waals surface area contributed by atoms with Gasteiger partial charge in [0.25, 0.3) is 0 Å². The minimum absolute atomic E-state index is 0.0213. The summed E-state index contributed by atoms with van der Waals surface area (Å²) in [6, 6.07) is 10.7. The molecule has 0 bridgehead atoms. The number of carbonyl (C=O) groups is 3. The standard InChI is InChI=1S/C12H16O.C7H12O3.C7H14O2/c1-12(2,8-11-9-13-11)10-6-4-3-5-7-10;1-3-10-7(9)5-4-6(2)8;1-4-6(3)7(8)9-5-2/h3-7,11H,8-9H2,1-2H3;3-5H2,1-2H3;6H,4-5H2,1-3H3. The molecule has 2 atom stereocenters. The average Bonchev–Trinajstić information content (AvgIpc) is 3.57. The van der Waals surface area contributed by atoms with E-state index in [1.165, 1.54) is 12.5 Å². The molecule has 1 fully saturated rings. The lowest BCUT2D eigenvalue weighted by atomic mass is 9.81. The fourth-order valence-corrected chi connectivity index (χ4v) is 2.72. The molecule has 0 aliphatic carbocycles. The molecule has 32 heavy (non-hydrogen) atoms. The number of ether oxygens (including phenoxy) is 3. The highest BCUT2D eigenvalue weighted by Crippen LogP contribution is 2.32. The number of hydrogen-bond donors (Lipinski definition) is 0. The van der Waals surface area contributed by atoms with Gasteiger partial charge in [0.2, 0.25) is 0 Å². The van der Waals surface area contributed by atoms with Crippen molar-refractivity contribution < 1.29 is 28.6 Å². The summed E-state index contributed by atoms with van der Waals surface area (Å²) in [5.74, 6) is -0.296. The van der Waals surface area contributed by atoms with E-state index in [2.05, 4.69) is 48.9 Å². The molecule has 1 aromatic rings. The smallest absolute Gasteiger partial charge is 0.308 e. The number of ketones is 1. The van der Waals surface area contributed by atoms with Crippen LogP contribution in [0.3, 0.4) is 0 Å². The van der Waals surface area contributed by atoms with Gasteiger partial charge < -0.3 is 19.0 Å². The molecule has 0 aromatic heterocycles. The minimum atomic E-state index is -0.294. The monoisotopic (exact) mass is 450 g/mol. The van der Waals surface area contributed by atoms with Crippen molar-refractivity contribution in [3.63, 3.8) is 0 Å². The van der Waals surface area contributed by atoms with Gasteiger partial charge in [-0.05, 0) is 44.6 Å². The van der Waals surface area contributed by atoms with Crippen LogP contribution in [0.4, 0.5) is 0 Å². The Kier molecular flexibility index (Phi) is 15.3. The summed E-state index contributed by atoms with van der Waals surface area (Å²) in [6.45, 7) is 15.3. The molecule has 0 radical (unpaired) electrons. The Bertz CT molecular complexity index is 664. The lowest BCUT2D eigenvalue weighted by molar-refractivity contribution is -0.147. The predicted octanol–water partition coefficient (Wildman–Crippen LogP) is 5.27. The summed E-state index contributed by atoms with van der Waals surface area (Å²) in [7, 11) is 0. The SMILES string of the molecule is CC(C)(CC1CO1)c1ccccc1.CCOC(=O)C(C)CC.CCOC(=O)CCC(C)=O. The molecule has 0 saturated carbocycles. The Morgan fingerprint density at radius 3 is 2.03 bits per heavy atom. The highest BCUT2D eigenvalue weighted by atomic mass is 16.6. The first-order valence-electron chi connectivity index (χ1n) is 11.6. The van der Waals surface area contributed by atoms with E-state index in [1.54, 1.807) is 6.92 Å². The zero-order valence-corrected chi connectivity index (χ0v) is 20.9. The predicted molar refractivity (Wildman–Crippen MR) is 126 cm³/mol. The maximum Gasteiger partial charge on any atom is 0.308 e. The molecule has 1 aliphatic heterocycles. The quantitative estimate of drug-likeness (QED) is 0.357. The highest BCUT2D eigenvalue weighted by Gasteiger charge is 2.32. The van der Waals surface area contributed by atoms with Gasteiger partial charge in [-0.15, -0.1) is 0 Å². The van der Waals surface area contributed by atoms with E-state index in [0.717, 1.165) is 19.4 Å². The molecule has 0 spiro atoms. The third-order valence-electron chi connectivity index (χ3n) is 4.98. The second kappa shape index (κ2) is 16.4. The number of esters is 2. The van der Waals surface area contributed by atoms with Crippen molar-refractivity contribution in [3.8, 4) is 0 Å². The summed E-state index contributed by atoms with van der Waals surface area (Å²) in [4.78, 5) is 31.7. The van der Waals surface area contributed by atoms with Crippen molar-refractivity contribution >= 4 is 17.7 Å². The fourth-order valence-electron chi connectivity index (χ4n) is 2.72. The molecule has 1 saturated heterocycles. The Morgan fingerprint density at radius 1 is 1.03 bits per heavy atom. The Labute approximate surface area is 194 Å². The zero-order chi connectivity index (χ0) is 24.6. The second-order valence-electron chi connectivity index (χ2n) is 8.48. The largest absolute Gasteiger partial charge is 0.466 e. The van der Waals surface area contributed by atoms with Crippen LogP contribution in [0.1, 0.15) is 79.7 Å². The number of benzene rings is 1. The van der Waals surface area contributed by atoms with Gasteiger partial charge in [0.05, 0.1) is 38.3 Å². The number of hydrogen-bond acceptors (Lipinski definition) is 6. The van der Waals surface area contributed by atoms with Gasteiger partial charge in [-0.1, -0.05) is 58.0 Å². The number of epoxide rings is 1. The van der Waals surface area contributed by atoms with Gasteiger partial charge in [0.1, 0.15) is 5.78 Å². The van der Waals surface area contributed by atoms with E-state index in [-0.39, 0.29) is 35.5 Å². The number of Topliss-reactive ketones (excluding diaryl/α,β-unsaturated/α-hetero) is 1. The molecule has 1 aromatic carbocycles. The van der Waals surface area contributed by atoms with Crippen LogP contribution >= 0.6 is 0 Å². The van der Waals surface area contributed by atoms with Crippen LogP contribution in [0.5, 0.6) is 0 Å². The van der Waals surface area contributed by atoms with Crippen molar-refractivity contribution in [3.05, 3.63) is 35.9 Å². The van der Waals surface area contributed by atoms with Gasteiger partial charge in [0.15, 0.2) is 0 Å². The van der Waals surface area contributed by atoms with Gasteiger partial charge >= 0.3 is 11.9 Å². The van der Waals surface area contributed by atoms with Gasteiger partial charge in [-0.2, -0.15) is 0 Å². The first-order valence-corrected chi connectivity index (χ1v) is 11.6. The maximum atomic E-state index is 10.8. The molecule has 1 aliphatic rings. The van der Waals surface area contributed by atoms with Crippen LogP contribution in [0.2, 0.25) is 0 Å². The highest BCUT2D eigenvalue weighted by molar-refractivity contribution is 5.80. The molecule has 0 amide bonds. The van der Waals surface area contributed by atoms with Crippen molar-refractivity contribution in [1.29, 1.82) is 0 Å². The topological polar surface area (TPSA) is 82.2 Å². The van der Waals surface area contributed by atoms with Gasteiger partial charge in [-0.3, -0.25) is 9.59 Å². The summed E-state index contributed by atoms with van der Waals surface area (Å²) < 4.78 is 14.6. The van der Waals surface area contributed by atoms with Gasteiger partial charge in [0, 0.05) is 6.42 Å². The zero-order valence-electron chi connectivity index (χ0n) is 20.9. The first kappa shape index (κ1) is 29.8. The van der Waals surface area contributed by atoms with Crippen LogP contribution in [0.25, 0.3) is 0 Å². The van der Waals surface area contributed by atoms with E-state index >= 15 is 0 Å². The molecular formula is C26H42O6. The Balaban J connectivity index is 0.000000463. The normalized spacial score (nSPS) is 15.2. The minimum Gasteiger partial charge on any atom is -0.466 e. The summed E-state index contributed by atoms with van der Waals surface area (Å²) >= 11 is 0. The Hall–Kier alpha value is -2.21. The molecule has 1 heterocycles. The van der Waals surface area contributed by atoms with E-state index in [9.17, 15) is 14.4 Å². The Morgan fingerprint density at radius 2 is 1.59 bits per heavy atom. The summed E-state index contributed by atoms with van der Waals surface area (Å²) in [5, 5.41) is 0. The van der Waals surface area contributed by atoms with Crippen LogP contribution in [-0.4, -0.2) is 43.6 Å². The molecule has 2 unspecified atom stereocenters. The number of rotatable bonds is 10. The summed E-state index contributed by atoms with van der Waals surface area (Å²) in [6.07, 6.45) is 3.01. The van der Waals surface area contributed by atoms with Crippen LogP contribution < -0.4 is 0 Å². The first-order chi connectivity index (χ1) is 15.1. The second-order valence-corrected chi connectivity index (χ2v) is 8.48. The van der Waals surface area contributed by atoms with Crippen LogP contribution in [0, 0.1) is 5.92 Å². The van der Waals surface area contributed by atoms with E-state index in [1.807, 2.05) is 20.8 Å². The maximum absolute atomic E-state index is 10.8. The third kappa shape index (κ3) is 14.7. The molecule has 2 rings (SSSR count). The molecule has 0 N–H and O–H groups in total. The fraction of sp³-hybridized carbons (Fsp3) is 0.654. The molecule has 6 nitrogen and oxygen atoms in total. The van der Waals surface area contributed by atoms with Crippen LogP contribution in [-0.2, 0) is 34.0 Å². The van der Waals surface area contributed by atoms with E-state index in [4.69, 9.17) is 9.47 Å². The lowest BCUT2D eigenvalue weighted by Gasteiger charge is -2.24. The molecule has 6 heteroatoms. The average molecular weight is 451 g/mol. The van der Waals surface area contributed by atoms with Crippen molar-refractivity contribution in [2.24, 2.45) is 5.92 Å². The van der Waals surface area contributed by atoms with Crippen molar-refractivity contribution in [2.45, 2.75) is 85.7 Å². The van der Waals surface area contributed by atoms with Crippen molar-refractivity contribution in [1.82, 2.24) is 0 Å². The van der Waals surface area contributed by atoms with Crippen LogP contribution in [0.15, 0.2) is 30.3 Å². The van der Waals surface area contributed by atoms with Gasteiger partial charge in [-0.25, -0.2) is 0 Å².